The van der Waals surface area contributed by atoms with Gasteiger partial charge in [-0.2, -0.15) is 0 Å². The fraction of sp³-hybridized carbons (Fsp3) is 0.562. The van der Waals surface area contributed by atoms with E-state index in [1.165, 1.54) is 47.4 Å². The van der Waals surface area contributed by atoms with Gasteiger partial charge in [-0.3, -0.25) is 0 Å². The Bertz CT molecular complexity index is 592. The molecule has 3 rings (SSSR count). The number of piperidine rings is 1. The van der Waals surface area contributed by atoms with Crippen LogP contribution in [0.1, 0.15) is 29.8 Å². The second kappa shape index (κ2) is 4.97. The number of hydrogen-bond acceptors (Lipinski definition) is 2. The molecule has 1 unspecified atom stereocenters. The molecule has 3 nitrogen and oxygen atoms in total. The normalized spacial score (nSPS) is 20.1. The van der Waals surface area contributed by atoms with Crippen molar-refractivity contribution in [2.45, 2.75) is 33.1 Å². The first-order valence-electron chi connectivity index (χ1n) is 7.29. The second-order valence-electron chi connectivity index (χ2n) is 5.88. The summed E-state index contributed by atoms with van der Waals surface area (Å²) < 4.78 is 2.27. The minimum atomic E-state index is 0.741. The van der Waals surface area contributed by atoms with Gasteiger partial charge in [0.15, 0.2) is 0 Å². The molecule has 3 heteroatoms. The first-order valence-corrected chi connectivity index (χ1v) is 7.29. The molecule has 1 aromatic heterocycles. The van der Waals surface area contributed by atoms with Gasteiger partial charge in [-0.05, 0) is 62.9 Å². The molecule has 0 bridgehead atoms. The van der Waals surface area contributed by atoms with E-state index < -0.39 is 0 Å². The molecule has 2 heterocycles. The van der Waals surface area contributed by atoms with Crippen molar-refractivity contribution in [3.05, 3.63) is 29.1 Å². The number of aryl methyl sites for hydroxylation is 3. The summed E-state index contributed by atoms with van der Waals surface area (Å²) in [5.41, 5.74) is 5.10. The van der Waals surface area contributed by atoms with Crippen LogP contribution in [-0.2, 0) is 13.5 Å². The topological polar surface area (TPSA) is 29.9 Å². The molecule has 19 heavy (non-hydrogen) atoms. The minimum absolute atomic E-state index is 0.741. The summed E-state index contributed by atoms with van der Waals surface area (Å²) in [6.45, 7) is 6.66. The molecule has 0 saturated carbocycles. The molecule has 0 aliphatic carbocycles. The number of rotatable bonds is 2. The van der Waals surface area contributed by atoms with Crippen LogP contribution >= 0.6 is 0 Å². The van der Waals surface area contributed by atoms with Gasteiger partial charge in [0, 0.05) is 13.5 Å². The predicted octanol–water partition coefficient (Wildman–Crippen LogP) is 2.73. The van der Waals surface area contributed by atoms with Crippen molar-refractivity contribution < 1.29 is 0 Å². The Morgan fingerprint density at radius 2 is 2.21 bits per heavy atom. The third-order valence-corrected chi connectivity index (χ3v) is 4.54. The quantitative estimate of drug-likeness (QED) is 0.896. The molecule has 1 N–H and O–H groups in total. The molecule has 1 saturated heterocycles. The van der Waals surface area contributed by atoms with Crippen molar-refractivity contribution >= 4 is 11.0 Å². The second-order valence-corrected chi connectivity index (χ2v) is 5.88. The van der Waals surface area contributed by atoms with Gasteiger partial charge in [0.2, 0.25) is 0 Å². The van der Waals surface area contributed by atoms with Gasteiger partial charge in [0.05, 0.1) is 11.0 Å². The number of hydrogen-bond donors (Lipinski definition) is 1. The number of nitrogens with one attached hydrogen (secondary N) is 1. The van der Waals surface area contributed by atoms with Crippen molar-refractivity contribution in [3.8, 4) is 0 Å². The van der Waals surface area contributed by atoms with Gasteiger partial charge in [0.1, 0.15) is 5.82 Å². The third-order valence-electron chi connectivity index (χ3n) is 4.54. The van der Waals surface area contributed by atoms with Crippen molar-refractivity contribution in [3.63, 3.8) is 0 Å². The van der Waals surface area contributed by atoms with Crippen LogP contribution in [0.15, 0.2) is 12.1 Å². The molecule has 0 radical (unpaired) electrons. The summed E-state index contributed by atoms with van der Waals surface area (Å²) in [4.78, 5) is 4.90. The summed E-state index contributed by atoms with van der Waals surface area (Å²) >= 11 is 0. The fourth-order valence-electron chi connectivity index (χ4n) is 3.08. The highest BCUT2D eigenvalue weighted by Gasteiger charge is 2.18. The Morgan fingerprint density at radius 1 is 1.37 bits per heavy atom. The zero-order valence-corrected chi connectivity index (χ0v) is 12.2. The van der Waals surface area contributed by atoms with E-state index in [1.807, 2.05) is 0 Å². The minimum Gasteiger partial charge on any atom is -0.331 e. The summed E-state index contributed by atoms with van der Waals surface area (Å²) in [6.07, 6.45) is 3.72. The van der Waals surface area contributed by atoms with Gasteiger partial charge < -0.3 is 9.88 Å². The highest BCUT2D eigenvalue weighted by atomic mass is 15.1. The van der Waals surface area contributed by atoms with Crippen LogP contribution < -0.4 is 5.32 Å². The largest absolute Gasteiger partial charge is 0.331 e. The van der Waals surface area contributed by atoms with E-state index in [0.29, 0.717) is 0 Å². The van der Waals surface area contributed by atoms with E-state index in [-0.39, 0.29) is 0 Å². The Hall–Kier alpha value is -1.35. The lowest BCUT2D eigenvalue weighted by Gasteiger charge is -2.22. The lowest BCUT2D eigenvalue weighted by Crippen LogP contribution is -2.31. The Morgan fingerprint density at radius 3 is 2.95 bits per heavy atom. The number of fused-ring (bicyclic) bond motifs is 1. The molecular formula is C16H23N3. The van der Waals surface area contributed by atoms with Crippen LogP contribution in [0.25, 0.3) is 11.0 Å². The van der Waals surface area contributed by atoms with Crippen LogP contribution in [0.3, 0.4) is 0 Å². The van der Waals surface area contributed by atoms with Crippen LogP contribution in [-0.4, -0.2) is 22.6 Å². The molecule has 1 aliphatic heterocycles. The maximum Gasteiger partial charge on any atom is 0.109 e. The fourth-order valence-corrected chi connectivity index (χ4v) is 3.08. The lowest BCUT2D eigenvalue weighted by atomic mass is 9.96. The molecule has 0 amide bonds. The lowest BCUT2D eigenvalue weighted by molar-refractivity contribution is 0.368. The SMILES string of the molecule is Cc1ccc2c(nc(CC3CCCNC3)n2C)c1C. The van der Waals surface area contributed by atoms with Crippen LogP contribution in [0.5, 0.6) is 0 Å². The predicted molar refractivity (Wildman–Crippen MR) is 79.5 cm³/mol. The van der Waals surface area contributed by atoms with Crippen molar-refractivity contribution in [1.29, 1.82) is 0 Å². The zero-order valence-electron chi connectivity index (χ0n) is 12.2. The highest BCUT2D eigenvalue weighted by Crippen LogP contribution is 2.24. The summed E-state index contributed by atoms with van der Waals surface area (Å²) in [7, 11) is 2.15. The van der Waals surface area contributed by atoms with E-state index in [1.54, 1.807) is 0 Å². The Balaban J connectivity index is 1.95. The highest BCUT2D eigenvalue weighted by molar-refractivity contribution is 5.80. The third kappa shape index (κ3) is 2.27. The molecule has 1 atom stereocenters. The van der Waals surface area contributed by atoms with Gasteiger partial charge >= 0.3 is 0 Å². The maximum atomic E-state index is 4.90. The van der Waals surface area contributed by atoms with Crippen molar-refractivity contribution in [2.24, 2.45) is 13.0 Å². The summed E-state index contributed by atoms with van der Waals surface area (Å²) in [5.74, 6) is 1.98. The smallest absolute Gasteiger partial charge is 0.109 e. The molecule has 1 aliphatic rings. The summed E-state index contributed by atoms with van der Waals surface area (Å²) in [6, 6.07) is 4.40. The number of nitrogens with zero attached hydrogens (tertiary/aromatic N) is 2. The molecular weight excluding hydrogens is 234 g/mol. The van der Waals surface area contributed by atoms with E-state index in [9.17, 15) is 0 Å². The maximum absolute atomic E-state index is 4.90. The first kappa shape index (κ1) is 12.7. The number of imidazole rings is 1. The van der Waals surface area contributed by atoms with E-state index >= 15 is 0 Å². The van der Waals surface area contributed by atoms with Crippen LogP contribution in [0, 0.1) is 19.8 Å². The first-order chi connectivity index (χ1) is 9.16. The monoisotopic (exact) mass is 257 g/mol. The zero-order chi connectivity index (χ0) is 13.4. The van der Waals surface area contributed by atoms with E-state index in [4.69, 9.17) is 4.98 Å². The van der Waals surface area contributed by atoms with E-state index in [0.717, 1.165) is 18.9 Å². The molecule has 0 spiro atoms. The average molecular weight is 257 g/mol. The van der Waals surface area contributed by atoms with E-state index in [2.05, 4.69) is 42.9 Å². The van der Waals surface area contributed by atoms with Gasteiger partial charge in [-0.1, -0.05) is 6.07 Å². The van der Waals surface area contributed by atoms with Crippen LogP contribution in [0.2, 0.25) is 0 Å². The average Bonchev–Trinajstić information content (AvgIpc) is 2.73. The number of aromatic nitrogens is 2. The van der Waals surface area contributed by atoms with Crippen molar-refractivity contribution in [2.75, 3.05) is 13.1 Å². The van der Waals surface area contributed by atoms with Crippen LogP contribution in [0.4, 0.5) is 0 Å². The molecule has 102 valence electrons. The van der Waals surface area contributed by atoms with Crippen molar-refractivity contribution in [1.82, 2.24) is 14.9 Å². The van der Waals surface area contributed by atoms with Gasteiger partial charge in [-0.15, -0.1) is 0 Å². The molecule has 2 aromatic rings. The Labute approximate surface area is 115 Å². The number of benzene rings is 1. The van der Waals surface area contributed by atoms with Gasteiger partial charge in [0.25, 0.3) is 0 Å². The summed E-state index contributed by atoms with van der Waals surface area (Å²) in [5, 5.41) is 3.49. The molecule has 1 aromatic carbocycles. The Kier molecular flexibility index (Phi) is 3.31. The molecule has 1 fully saturated rings. The standard InChI is InChI=1S/C16H23N3/c1-11-6-7-14-16(12(11)2)18-15(19(14)3)9-13-5-4-8-17-10-13/h6-7,13,17H,4-5,8-10H2,1-3H3. The van der Waals surface area contributed by atoms with Gasteiger partial charge in [-0.25, -0.2) is 4.98 Å².